The molecule has 2 aromatic carbocycles. The molecule has 9 heteroatoms. The van der Waals surface area contributed by atoms with Crippen molar-refractivity contribution < 1.29 is 28.6 Å². The van der Waals surface area contributed by atoms with Crippen molar-refractivity contribution in [1.29, 1.82) is 0 Å². The molecule has 2 aromatic rings. The zero-order valence-electron chi connectivity index (χ0n) is 18.3. The largest absolute Gasteiger partial charge is 0.494 e. The monoisotopic (exact) mass is 441 g/mol. The number of hydrogen-bond donors (Lipinski definition) is 2. The summed E-state index contributed by atoms with van der Waals surface area (Å²) >= 11 is 0. The average Bonchev–Trinajstić information content (AvgIpc) is 2.79. The summed E-state index contributed by atoms with van der Waals surface area (Å²) in [5, 5.41) is 0. The number of fused-ring (bicyclic) bond motifs is 1. The van der Waals surface area contributed by atoms with Crippen molar-refractivity contribution in [2.24, 2.45) is 0 Å². The summed E-state index contributed by atoms with van der Waals surface area (Å²) in [7, 11) is 0. The van der Waals surface area contributed by atoms with Gasteiger partial charge >= 0.3 is 0 Å². The lowest BCUT2D eigenvalue weighted by Crippen LogP contribution is -2.49. The number of hydrazine groups is 1. The molecule has 32 heavy (non-hydrogen) atoms. The molecule has 0 aromatic heterocycles. The Bertz CT molecular complexity index is 962. The van der Waals surface area contributed by atoms with Crippen LogP contribution < -0.4 is 30.0 Å². The van der Waals surface area contributed by atoms with Gasteiger partial charge in [-0.25, -0.2) is 0 Å². The highest BCUT2D eigenvalue weighted by atomic mass is 16.5. The Morgan fingerprint density at radius 3 is 2.50 bits per heavy atom. The van der Waals surface area contributed by atoms with E-state index in [4.69, 9.17) is 14.2 Å². The summed E-state index contributed by atoms with van der Waals surface area (Å²) in [4.78, 5) is 38.4. The van der Waals surface area contributed by atoms with E-state index in [2.05, 4.69) is 10.9 Å². The molecular formula is C23H27N3O6. The predicted molar refractivity (Wildman–Crippen MR) is 117 cm³/mol. The number of carbonyl (C=O) groups is 3. The number of hydrogen-bond acceptors (Lipinski definition) is 6. The fourth-order valence-electron chi connectivity index (χ4n) is 3.14. The second-order valence-corrected chi connectivity index (χ2v) is 7.17. The SMILES string of the molecule is CCOc1ccc(OC(C)C(=O)NNC(=O)CCN2C(=O)C(C)Oc3ccccc32)cc1. The van der Waals surface area contributed by atoms with Gasteiger partial charge in [-0.15, -0.1) is 0 Å². The van der Waals surface area contributed by atoms with Gasteiger partial charge < -0.3 is 19.1 Å². The van der Waals surface area contributed by atoms with Gasteiger partial charge in [0, 0.05) is 13.0 Å². The van der Waals surface area contributed by atoms with E-state index >= 15 is 0 Å². The molecule has 0 spiro atoms. The molecule has 0 radical (unpaired) electrons. The average molecular weight is 441 g/mol. The fraction of sp³-hybridized carbons (Fsp3) is 0.348. The topological polar surface area (TPSA) is 106 Å². The summed E-state index contributed by atoms with van der Waals surface area (Å²) < 4.78 is 16.5. The van der Waals surface area contributed by atoms with Crippen LogP contribution in [0.4, 0.5) is 5.69 Å². The van der Waals surface area contributed by atoms with Crippen LogP contribution in [0.15, 0.2) is 48.5 Å². The summed E-state index contributed by atoms with van der Waals surface area (Å²) in [5.41, 5.74) is 5.32. The maximum Gasteiger partial charge on any atom is 0.279 e. The van der Waals surface area contributed by atoms with Crippen LogP contribution in [0.5, 0.6) is 17.2 Å². The van der Waals surface area contributed by atoms with E-state index in [1.165, 1.54) is 4.90 Å². The van der Waals surface area contributed by atoms with Gasteiger partial charge in [0.15, 0.2) is 12.2 Å². The molecule has 0 saturated heterocycles. The quantitative estimate of drug-likeness (QED) is 0.609. The van der Waals surface area contributed by atoms with Crippen molar-refractivity contribution in [3.63, 3.8) is 0 Å². The van der Waals surface area contributed by atoms with Crippen molar-refractivity contribution in [2.45, 2.75) is 39.4 Å². The number of ether oxygens (including phenoxy) is 3. The number of carbonyl (C=O) groups excluding carboxylic acids is 3. The van der Waals surface area contributed by atoms with Crippen molar-refractivity contribution >= 4 is 23.4 Å². The van der Waals surface area contributed by atoms with E-state index in [0.29, 0.717) is 29.5 Å². The minimum Gasteiger partial charge on any atom is -0.494 e. The van der Waals surface area contributed by atoms with Crippen molar-refractivity contribution in [1.82, 2.24) is 10.9 Å². The van der Waals surface area contributed by atoms with E-state index in [1.54, 1.807) is 56.3 Å². The lowest BCUT2D eigenvalue weighted by Gasteiger charge is -2.32. The Labute approximate surface area is 186 Å². The number of rotatable bonds is 8. The highest BCUT2D eigenvalue weighted by molar-refractivity contribution is 6.00. The Kier molecular flexibility index (Phi) is 7.54. The number of nitrogens with one attached hydrogen (secondary N) is 2. The third-order valence-corrected chi connectivity index (χ3v) is 4.78. The van der Waals surface area contributed by atoms with Crippen LogP contribution in [0.3, 0.4) is 0 Å². The smallest absolute Gasteiger partial charge is 0.279 e. The van der Waals surface area contributed by atoms with Crippen LogP contribution in [0.25, 0.3) is 0 Å². The van der Waals surface area contributed by atoms with E-state index < -0.39 is 24.0 Å². The molecule has 2 N–H and O–H groups in total. The first kappa shape index (κ1) is 22.9. The van der Waals surface area contributed by atoms with Crippen LogP contribution in [0.2, 0.25) is 0 Å². The number of para-hydroxylation sites is 2. The zero-order chi connectivity index (χ0) is 23.1. The predicted octanol–water partition coefficient (Wildman–Crippen LogP) is 2.20. The molecule has 0 bridgehead atoms. The van der Waals surface area contributed by atoms with Gasteiger partial charge in [-0.05, 0) is 57.2 Å². The summed E-state index contributed by atoms with van der Waals surface area (Å²) in [6, 6.07) is 14.0. The van der Waals surface area contributed by atoms with E-state index in [9.17, 15) is 14.4 Å². The molecule has 9 nitrogen and oxygen atoms in total. The van der Waals surface area contributed by atoms with Gasteiger partial charge in [-0.3, -0.25) is 25.2 Å². The van der Waals surface area contributed by atoms with Crippen LogP contribution in [0.1, 0.15) is 27.2 Å². The Balaban J connectivity index is 1.46. The van der Waals surface area contributed by atoms with E-state index in [1.807, 2.05) is 13.0 Å². The van der Waals surface area contributed by atoms with Gasteiger partial charge in [0.05, 0.1) is 12.3 Å². The van der Waals surface area contributed by atoms with E-state index in [0.717, 1.165) is 0 Å². The van der Waals surface area contributed by atoms with E-state index in [-0.39, 0.29) is 18.9 Å². The molecule has 0 aliphatic carbocycles. The number of benzene rings is 2. The molecule has 0 saturated carbocycles. The summed E-state index contributed by atoms with van der Waals surface area (Å²) in [6.07, 6.45) is -1.46. The number of amides is 3. The molecule has 3 rings (SSSR count). The second kappa shape index (κ2) is 10.5. The van der Waals surface area contributed by atoms with Gasteiger partial charge in [0.25, 0.3) is 11.8 Å². The number of nitrogens with zero attached hydrogens (tertiary/aromatic N) is 1. The molecule has 0 fully saturated rings. The van der Waals surface area contributed by atoms with Crippen LogP contribution in [0, 0.1) is 0 Å². The molecule has 1 aliphatic rings. The third kappa shape index (κ3) is 5.69. The molecule has 2 atom stereocenters. The van der Waals surface area contributed by atoms with Crippen molar-refractivity contribution in [3.8, 4) is 17.2 Å². The summed E-state index contributed by atoms with van der Waals surface area (Å²) in [6.45, 7) is 5.84. The van der Waals surface area contributed by atoms with Gasteiger partial charge in [-0.2, -0.15) is 0 Å². The number of anilines is 1. The van der Waals surface area contributed by atoms with Gasteiger partial charge in [0.1, 0.15) is 17.2 Å². The van der Waals surface area contributed by atoms with Gasteiger partial charge in [-0.1, -0.05) is 12.1 Å². The first-order valence-electron chi connectivity index (χ1n) is 10.4. The molecule has 2 unspecified atom stereocenters. The summed E-state index contributed by atoms with van der Waals surface area (Å²) in [5.74, 6) is 0.636. The van der Waals surface area contributed by atoms with Gasteiger partial charge in [0.2, 0.25) is 5.91 Å². The standard InChI is InChI=1S/C23H27N3O6/c1-4-30-17-9-11-18(12-10-17)31-15(2)22(28)25-24-21(27)13-14-26-19-7-5-6-8-20(19)32-16(3)23(26)29/h5-12,15-16H,4,13-14H2,1-3H3,(H,24,27)(H,25,28). The fourth-order valence-corrected chi connectivity index (χ4v) is 3.14. The Morgan fingerprint density at radius 2 is 1.78 bits per heavy atom. The zero-order valence-corrected chi connectivity index (χ0v) is 18.3. The van der Waals surface area contributed by atoms with Crippen molar-refractivity contribution in [2.75, 3.05) is 18.1 Å². The maximum atomic E-state index is 12.5. The highest BCUT2D eigenvalue weighted by Gasteiger charge is 2.31. The normalized spacial score (nSPS) is 15.8. The minimum atomic E-state index is -0.832. The molecule has 3 amide bonds. The third-order valence-electron chi connectivity index (χ3n) is 4.78. The second-order valence-electron chi connectivity index (χ2n) is 7.17. The lowest BCUT2D eigenvalue weighted by atomic mass is 10.1. The van der Waals surface area contributed by atoms with Crippen LogP contribution >= 0.6 is 0 Å². The lowest BCUT2D eigenvalue weighted by molar-refractivity contribution is -0.132. The van der Waals surface area contributed by atoms with Crippen molar-refractivity contribution in [3.05, 3.63) is 48.5 Å². The first-order chi connectivity index (χ1) is 15.4. The molecule has 1 aliphatic heterocycles. The minimum absolute atomic E-state index is 0.00119. The van der Waals surface area contributed by atoms with Crippen LogP contribution in [-0.4, -0.2) is 43.1 Å². The molecule has 1 heterocycles. The Hall–Kier alpha value is -3.75. The maximum absolute atomic E-state index is 12.5. The molecular weight excluding hydrogens is 414 g/mol. The highest BCUT2D eigenvalue weighted by Crippen LogP contribution is 2.33. The molecule has 170 valence electrons. The van der Waals surface area contributed by atoms with Crippen LogP contribution in [-0.2, 0) is 14.4 Å². The first-order valence-corrected chi connectivity index (χ1v) is 10.4. The Morgan fingerprint density at radius 1 is 1.09 bits per heavy atom.